The van der Waals surface area contributed by atoms with Crippen LogP contribution in [0.3, 0.4) is 0 Å². The van der Waals surface area contributed by atoms with Gasteiger partial charge in [-0.1, -0.05) is 81.1 Å². The Bertz CT molecular complexity index is 714. The van der Waals surface area contributed by atoms with Gasteiger partial charge in [-0.2, -0.15) is 0 Å². The molecule has 1 atom stereocenters. The van der Waals surface area contributed by atoms with E-state index in [0.717, 1.165) is 0 Å². The molecule has 3 rings (SSSR count). The van der Waals surface area contributed by atoms with Gasteiger partial charge in [0.25, 0.3) is 0 Å². The van der Waals surface area contributed by atoms with Crippen molar-refractivity contribution in [3.8, 4) is 11.1 Å². The molecule has 0 amide bonds. The van der Waals surface area contributed by atoms with Gasteiger partial charge in [0.2, 0.25) is 0 Å². The maximum absolute atomic E-state index is 2.48. The molecule has 2 aromatic rings. The maximum atomic E-state index is 2.48. The van der Waals surface area contributed by atoms with E-state index in [1.807, 2.05) is 0 Å². The summed E-state index contributed by atoms with van der Waals surface area (Å²) in [5.74, 6) is 0.572. The van der Waals surface area contributed by atoms with Crippen LogP contribution in [-0.2, 0) is 26.2 Å². The van der Waals surface area contributed by atoms with Crippen LogP contribution < -0.4 is 0 Å². The second-order valence-electron chi connectivity index (χ2n) is 7.20. The number of benzene rings is 2. The first-order valence-electron chi connectivity index (χ1n) is 8.40. The van der Waals surface area contributed by atoms with Gasteiger partial charge in [-0.15, -0.1) is 0 Å². The van der Waals surface area contributed by atoms with Crippen LogP contribution in [0.1, 0.15) is 48.9 Å². The topological polar surface area (TPSA) is 0 Å². The average molecular weight is 398 g/mol. The van der Waals surface area contributed by atoms with Crippen LogP contribution >= 0.6 is 0 Å². The average Bonchev–Trinajstić information content (AvgIpc) is 2.82. The molecule has 0 N–H and O–H groups in total. The van der Waals surface area contributed by atoms with E-state index in [9.17, 15) is 0 Å². The minimum Gasteiger partial charge on any atom is -0.0714 e. The second-order valence-corrected chi connectivity index (χ2v) is 10.4. The van der Waals surface area contributed by atoms with E-state index in [1.54, 1.807) is 11.1 Å². The van der Waals surface area contributed by atoms with Gasteiger partial charge in [0.15, 0.2) is 0 Å². The van der Waals surface area contributed by atoms with E-state index in [1.165, 1.54) is 22.3 Å². The Kier molecular flexibility index (Phi) is 6.03. The van der Waals surface area contributed by atoms with Gasteiger partial charge in [-0.25, -0.2) is 0 Å². The van der Waals surface area contributed by atoms with Crippen molar-refractivity contribution in [2.24, 2.45) is 0 Å². The monoisotopic (exact) mass is 396 g/mol. The Balaban J connectivity index is 0.00000192. The molecule has 0 aliphatic heterocycles. The molecule has 0 bridgehead atoms. The molecule has 118 valence electrons. The molecular weight excluding hydrogens is 372 g/mol. The normalized spacial score (nSPS) is 16.3. The summed E-state index contributed by atoms with van der Waals surface area (Å²) < 4.78 is 0. The summed E-state index contributed by atoms with van der Waals surface area (Å²) >= 11 is 0. The molecule has 0 fully saturated rings. The maximum Gasteiger partial charge on any atom is 0.0439 e. The van der Waals surface area contributed by atoms with Gasteiger partial charge in [0.05, 0.1) is 0 Å². The zero-order valence-electron chi connectivity index (χ0n) is 14.9. The predicted octanol–water partition coefficient (Wildman–Crippen LogP) is 6.00. The van der Waals surface area contributed by atoms with Crippen molar-refractivity contribution in [2.75, 3.05) is 0 Å². The Morgan fingerprint density at radius 3 is 2.22 bits per heavy atom. The minimum atomic E-state index is -0.753. The van der Waals surface area contributed by atoms with Crippen molar-refractivity contribution in [3.63, 3.8) is 0 Å². The number of hydrogen-bond acceptors (Lipinski definition) is 0. The quantitative estimate of drug-likeness (QED) is 0.557. The van der Waals surface area contributed by atoms with Gasteiger partial charge in [0, 0.05) is 35.0 Å². The van der Waals surface area contributed by atoms with Gasteiger partial charge in [-0.3, -0.25) is 0 Å². The molecule has 1 unspecified atom stereocenters. The first-order valence-corrected chi connectivity index (χ1v) is 11.4. The van der Waals surface area contributed by atoms with Gasteiger partial charge < -0.3 is 0 Å². The fraction of sp³-hybridized carbons (Fsp3) is 0.333. The van der Waals surface area contributed by atoms with Crippen molar-refractivity contribution < 1.29 is 26.2 Å². The molecule has 0 spiro atoms. The number of hydrogen-bond donors (Lipinski definition) is 0. The smallest absolute Gasteiger partial charge is 0.0439 e. The predicted molar refractivity (Wildman–Crippen MR) is 101 cm³/mol. The van der Waals surface area contributed by atoms with E-state index in [-0.39, 0.29) is 26.2 Å². The fourth-order valence-electron chi connectivity index (χ4n) is 3.75. The van der Waals surface area contributed by atoms with Crippen LogP contribution in [0.15, 0.2) is 48.0 Å². The first-order chi connectivity index (χ1) is 10.5. The first kappa shape index (κ1) is 18.6. The molecule has 0 radical (unpaired) electrons. The Morgan fingerprint density at radius 2 is 1.65 bits per heavy atom. The van der Waals surface area contributed by atoms with E-state index < -0.39 is 8.80 Å². The fourth-order valence-corrected chi connectivity index (χ4v) is 5.90. The Labute approximate surface area is 161 Å². The van der Waals surface area contributed by atoms with Crippen molar-refractivity contribution in [3.05, 3.63) is 64.7 Å². The van der Waals surface area contributed by atoms with Crippen LogP contribution in [0.25, 0.3) is 17.2 Å². The minimum absolute atomic E-state index is 0. The molecule has 0 saturated carbocycles. The molecule has 0 heterocycles. The Morgan fingerprint density at radius 1 is 1.00 bits per heavy atom. The molecule has 0 saturated heterocycles. The SMILES string of the molecule is CC1=Cc2c(-c3ccccc3)cc(C(C)C)cc2C1[SiH](C)C.[Zr]. The van der Waals surface area contributed by atoms with Crippen LogP contribution in [-0.4, -0.2) is 8.80 Å². The van der Waals surface area contributed by atoms with Crippen LogP contribution in [0, 0.1) is 0 Å². The molecule has 2 heteroatoms. The summed E-state index contributed by atoms with van der Waals surface area (Å²) in [6.07, 6.45) is 2.44. The molecule has 23 heavy (non-hydrogen) atoms. The molecule has 2 aromatic carbocycles. The molecule has 1 aliphatic rings. The summed E-state index contributed by atoms with van der Waals surface area (Å²) in [7, 11) is -0.753. The van der Waals surface area contributed by atoms with E-state index >= 15 is 0 Å². The number of fused-ring (bicyclic) bond motifs is 1. The van der Waals surface area contributed by atoms with Crippen molar-refractivity contribution in [1.82, 2.24) is 0 Å². The largest absolute Gasteiger partial charge is 0.0714 e. The third-order valence-corrected chi connectivity index (χ3v) is 7.07. The molecule has 0 aromatic heterocycles. The number of allylic oxidation sites excluding steroid dienone is 1. The van der Waals surface area contributed by atoms with Gasteiger partial charge in [0.1, 0.15) is 0 Å². The molecular formula is C21H26SiZr. The van der Waals surface area contributed by atoms with Crippen LogP contribution in [0.4, 0.5) is 0 Å². The number of rotatable bonds is 3. The second kappa shape index (κ2) is 7.45. The zero-order chi connectivity index (χ0) is 15.9. The van der Waals surface area contributed by atoms with Gasteiger partial charge >= 0.3 is 0 Å². The summed E-state index contributed by atoms with van der Waals surface area (Å²) in [4.78, 5) is 0. The van der Waals surface area contributed by atoms with Crippen molar-refractivity contribution in [1.29, 1.82) is 0 Å². The zero-order valence-corrected chi connectivity index (χ0v) is 18.5. The van der Waals surface area contributed by atoms with Crippen molar-refractivity contribution >= 4 is 14.9 Å². The van der Waals surface area contributed by atoms with Gasteiger partial charge in [-0.05, 0) is 46.2 Å². The molecule has 0 nitrogen and oxygen atoms in total. The molecule has 1 aliphatic carbocycles. The third-order valence-electron chi connectivity index (χ3n) is 4.85. The third kappa shape index (κ3) is 3.54. The van der Waals surface area contributed by atoms with Crippen LogP contribution in [0.2, 0.25) is 13.1 Å². The summed E-state index contributed by atoms with van der Waals surface area (Å²) in [5, 5.41) is 0. The summed E-state index contributed by atoms with van der Waals surface area (Å²) in [6.45, 7) is 11.9. The van der Waals surface area contributed by atoms with Crippen LogP contribution in [0.5, 0.6) is 0 Å². The standard InChI is InChI=1S/C21H26Si.Zr/c1-14(2)17-12-18(16-9-7-6-8-10-16)19-11-15(3)21(22(4)5)20(19)13-17;/h6-14,21-22H,1-5H3;. The summed E-state index contributed by atoms with van der Waals surface area (Å²) in [5.41, 5.74) is 9.56. The van der Waals surface area contributed by atoms with Crippen molar-refractivity contribution in [2.45, 2.75) is 45.3 Å². The van der Waals surface area contributed by atoms with E-state index in [4.69, 9.17) is 0 Å². The Hall–Kier alpha value is -0.720. The summed E-state index contributed by atoms with van der Waals surface area (Å²) in [6, 6.07) is 15.8. The van der Waals surface area contributed by atoms with E-state index in [0.29, 0.717) is 11.5 Å². The van der Waals surface area contributed by atoms with E-state index in [2.05, 4.69) is 82.4 Å².